The van der Waals surface area contributed by atoms with E-state index in [0.717, 1.165) is 12.1 Å². The van der Waals surface area contributed by atoms with Crippen LogP contribution < -0.4 is 10.0 Å². The zero-order valence-corrected chi connectivity index (χ0v) is 14.5. The molecule has 0 atom stereocenters. The van der Waals surface area contributed by atoms with Crippen LogP contribution in [0.25, 0.3) is 0 Å². The maximum atomic E-state index is 13.6. The Bertz CT molecular complexity index is 846. The van der Waals surface area contributed by atoms with Gasteiger partial charge in [0.2, 0.25) is 10.0 Å². The van der Waals surface area contributed by atoms with Gasteiger partial charge in [-0.05, 0) is 42.3 Å². The highest BCUT2D eigenvalue weighted by atomic mass is 32.2. The molecule has 2 rings (SSSR count). The Morgan fingerprint density at radius 2 is 1.60 bits per heavy atom. The number of anilines is 1. The van der Waals surface area contributed by atoms with Crippen LogP contribution in [0.2, 0.25) is 0 Å². The molecule has 5 nitrogen and oxygen atoms in total. The summed E-state index contributed by atoms with van der Waals surface area (Å²) in [7, 11) is -3.67. The number of rotatable bonds is 6. The summed E-state index contributed by atoms with van der Waals surface area (Å²) >= 11 is 0. The van der Waals surface area contributed by atoms with E-state index in [1.165, 1.54) is 30.3 Å². The van der Waals surface area contributed by atoms with Crippen LogP contribution in [0, 0.1) is 17.6 Å². The van der Waals surface area contributed by atoms with Crippen molar-refractivity contribution in [2.75, 3.05) is 11.9 Å². The predicted octanol–water partition coefficient (Wildman–Crippen LogP) is 3.15. The van der Waals surface area contributed by atoms with E-state index in [2.05, 4.69) is 10.0 Å². The van der Waals surface area contributed by atoms with E-state index in [1.807, 2.05) is 13.8 Å². The van der Waals surface area contributed by atoms with Crippen LogP contribution in [0.3, 0.4) is 0 Å². The van der Waals surface area contributed by atoms with Crippen molar-refractivity contribution in [3.8, 4) is 0 Å². The van der Waals surface area contributed by atoms with Crippen LogP contribution >= 0.6 is 0 Å². The summed E-state index contributed by atoms with van der Waals surface area (Å²) in [5, 5.41) is 2.14. The summed E-state index contributed by atoms with van der Waals surface area (Å²) in [6, 6.07) is 8.30. The van der Waals surface area contributed by atoms with Crippen LogP contribution in [0.15, 0.2) is 47.4 Å². The van der Waals surface area contributed by atoms with Crippen molar-refractivity contribution in [3.05, 3.63) is 59.7 Å². The van der Waals surface area contributed by atoms with E-state index in [9.17, 15) is 22.0 Å². The first-order valence-corrected chi connectivity index (χ1v) is 9.04. The molecule has 0 radical (unpaired) electrons. The van der Waals surface area contributed by atoms with Gasteiger partial charge in [-0.3, -0.25) is 4.79 Å². The number of para-hydroxylation sites is 1. The van der Waals surface area contributed by atoms with E-state index >= 15 is 0 Å². The lowest BCUT2D eigenvalue weighted by molar-refractivity contribution is 0.102. The third-order valence-corrected chi connectivity index (χ3v) is 4.75. The summed E-state index contributed by atoms with van der Waals surface area (Å²) in [5.41, 5.74) is -0.478. The number of carbonyl (C=O) groups excluding carboxylic acids is 1. The summed E-state index contributed by atoms with van der Waals surface area (Å²) in [5.74, 6) is -2.39. The van der Waals surface area contributed by atoms with Crippen LogP contribution in [-0.2, 0) is 10.0 Å². The van der Waals surface area contributed by atoms with Crippen LogP contribution in [0.4, 0.5) is 14.5 Å². The van der Waals surface area contributed by atoms with Gasteiger partial charge in [-0.2, -0.15) is 0 Å². The topological polar surface area (TPSA) is 75.3 Å². The highest BCUT2D eigenvalue weighted by Gasteiger charge is 2.17. The molecule has 0 unspecified atom stereocenters. The second-order valence-electron chi connectivity index (χ2n) is 5.82. The molecule has 0 aromatic heterocycles. The Hall–Kier alpha value is -2.32. The third kappa shape index (κ3) is 4.83. The van der Waals surface area contributed by atoms with Crippen LogP contribution in [-0.4, -0.2) is 20.9 Å². The van der Waals surface area contributed by atoms with Gasteiger partial charge in [0.15, 0.2) is 0 Å². The molecule has 0 aliphatic heterocycles. The van der Waals surface area contributed by atoms with E-state index in [0.29, 0.717) is 0 Å². The lowest BCUT2D eigenvalue weighted by Gasteiger charge is -2.10. The average Bonchev–Trinajstić information content (AvgIpc) is 2.56. The Kier molecular flexibility index (Phi) is 5.86. The quantitative estimate of drug-likeness (QED) is 0.822. The standard InChI is InChI=1S/C17H18F2N2O3S/c1-11(2)10-20-25(23,24)13-8-6-12(7-9-13)17(22)21-16-14(18)4-3-5-15(16)19/h3-9,11,20H,10H2,1-2H3,(H,21,22). The smallest absolute Gasteiger partial charge is 0.255 e. The fraction of sp³-hybridized carbons (Fsp3) is 0.235. The Labute approximate surface area is 145 Å². The molecule has 0 saturated carbocycles. The molecule has 1 amide bonds. The normalized spacial score (nSPS) is 11.6. The minimum atomic E-state index is -3.67. The van der Waals surface area contributed by atoms with E-state index in [4.69, 9.17) is 0 Å². The minimum Gasteiger partial charge on any atom is -0.317 e. The maximum Gasteiger partial charge on any atom is 0.255 e. The van der Waals surface area contributed by atoms with Crippen molar-refractivity contribution in [1.29, 1.82) is 0 Å². The highest BCUT2D eigenvalue weighted by molar-refractivity contribution is 7.89. The molecule has 0 bridgehead atoms. The van der Waals surface area contributed by atoms with Crippen molar-refractivity contribution in [1.82, 2.24) is 4.72 Å². The van der Waals surface area contributed by atoms with E-state index in [-0.39, 0.29) is 22.9 Å². The summed E-state index contributed by atoms with van der Waals surface area (Å²) in [4.78, 5) is 12.1. The fourth-order valence-corrected chi connectivity index (χ4v) is 3.16. The zero-order valence-electron chi connectivity index (χ0n) is 13.7. The lowest BCUT2D eigenvalue weighted by Crippen LogP contribution is -2.27. The molecular weight excluding hydrogens is 350 g/mol. The Morgan fingerprint density at radius 3 is 2.12 bits per heavy atom. The van der Waals surface area contributed by atoms with E-state index in [1.54, 1.807) is 0 Å². The number of halogens is 2. The van der Waals surface area contributed by atoms with Crippen molar-refractivity contribution in [2.24, 2.45) is 5.92 Å². The van der Waals surface area contributed by atoms with Gasteiger partial charge in [-0.1, -0.05) is 19.9 Å². The molecule has 2 aromatic carbocycles. The van der Waals surface area contributed by atoms with Gasteiger partial charge >= 0.3 is 0 Å². The third-order valence-electron chi connectivity index (χ3n) is 3.31. The molecule has 25 heavy (non-hydrogen) atoms. The fourth-order valence-electron chi connectivity index (χ4n) is 1.95. The maximum absolute atomic E-state index is 13.6. The number of sulfonamides is 1. The van der Waals surface area contributed by atoms with Crippen molar-refractivity contribution >= 4 is 21.6 Å². The number of hydrogen-bond acceptors (Lipinski definition) is 3. The average molecular weight is 368 g/mol. The first-order chi connectivity index (χ1) is 11.7. The first-order valence-electron chi connectivity index (χ1n) is 7.56. The molecule has 0 aliphatic carbocycles. The Balaban J connectivity index is 2.15. The first kappa shape index (κ1) is 19.0. The second-order valence-corrected chi connectivity index (χ2v) is 7.59. The molecule has 0 fully saturated rings. The molecule has 134 valence electrons. The molecule has 2 aromatic rings. The van der Waals surface area contributed by atoms with Crippen LogP contribution in [0.5, 0.6) is 0 Å². The molecule has 0 aliphatic rings. The van der Waals surface area contributed by atoms with Crippen LogP contribution in [0.1, 0.15) is 24.2 Å². The lowest BCUT2D eigenvalue weighted by atomic mass is 10.2. The molecule has 0 spiro atoms. The second kappa shape index (κ2) is 7.71. The number of hydrogen-bond donors (Lipinski definition) is 2. The summed E-state index contributed by atoms with van der Waals surface area (Å²) in [6.07, 6.45) is 0. The molecule has 8 heteroatoms. The van der Waals surface area contributed by atoms with Gasteiger partial charge in [0.1, 0.15) is 17.3 Å². The molecule has 0 saturated heterocycles. The molecule has 0 heterocycles. The zero-order chi connectivity index (χ0) is 18.6. The van der Waals surface area contributed by atoms with Gasteiger partial charge < -0.3 is 5.32 Å². The molecular formula is C17H18F2N2O3S. The van der Waals surface area contributed by atoms with Gasteiger partial charge in [0.25, 0.3) is 5.91 Å². The Morgan fingerprint density at radius 1 is 1.04 bits per heavy atom. The molecule has 2 N–H and O–H groups in total. The SMILES string of the molecule is CC(C)CNS(=O)(=O)c1ccc(C(=O)Nc2c(F)cccc2F)cc1. The number of benzene rings is 2. The number of nitrogens with one attached hydrogen (secondary N) is 2. The van der Waals surface area contributed by atoms with Crippen molar-refractivity contribution in [3.63, 3.8) is 0 Å². The minimum absolute atomic E-state index is 0.00164. The van der Waals surface area contributed by atoms with Gasteiger partial charge in [-0.15, -0.1) is 0 Å². The number of amides is 1. The van der Waals surface area contributed by atoms with Gasteiger partial charge in [0.05, 0.1) is 4.90 Å². The summed E-state index contributed by atoms with van der Waals surface area (Å²) < 4.78 is 53.7. The monoisotopic (exact) mass is 368 g/mol. The predicted molar refractivity (Wildman–Crippen MR) is 90.8 cm³/mol. The van der Waals surface area contributed by atoms with Gasteiger partial charge in [-0.25, -0.2) is 21.9 Å². The van der Waals surface area contributed by atoms with Gasteiger partial charge in [0, 0.05) is 12.1 Å². The van der Waals surface area contributed by atoms with Crippen molar-refractivity contribution < 1.29 is 22.0 Å². The number of carbonyl (C=O) groups is 1. The summed E-state index contributed by atoms with van der Waals surface area (Å²) in [6.45, 7) is 4.03. The van der Waals surface area contributed by atoms with Crippen molar-refractivity contribution in [2.45, 2.75) is 18.7 Å². The highest BCUT2D eigenvalue weighted by Crippen LogP contribution is 2.19. The largest absolute Gasteiger partial charge is 0.317 e. The van der Waals surface area contributed by atoms with E-state index < -0.39 is 33.3 Å².